The molecule has 1 rings (SSSR count). The molecule has 0 radical (unpaired) electrons. The second-order valence-electron chi connectivity index (χ2n) is 7.60. The van der Waals surface area contributed by atoms with E-state index < -0.39 is 0 Å². The molecule has 1 fully saturated rings. The van der Waals surface area contributed by atoms with E-state index in [-0.39, 0.29) is 0 Å². The van der Waals surface area contributed by atoms with Crippen molar-refractivity contribution in [2.75, 3.05) is 6.54 Å². The maximum atomic E-state index is 3.85. The minimum absolute atomic E-state index is 0.777. The SMILES string of the molecule is CC[C@@H]1NCCCCCCCC1CCC(C)CC(C)C. The highest BCUT2D eigenvalue weighted by molar-refractivity contribution is 4.77. The zero-order chi connectivity index (χ0) is 14.8. The van der Waals surface area contributed by atoms with E-state index in [1.54, 1.807) is 0 Å². The van der Waals surface area contributed by atoms with Crippen molar-refractivity contribution < 1.29 is 0 Å². The van der Waals surface area contributed by atoms with E-state index in [2.05, 4.69) is 33.0 Å². The largest absolute Gasteiger partial charge is 0.314 e. The monoisotopic (exact) mass is 281 g/mol. The Kier molecular flexibility index (Phi) is 9.59. The number of rotatable bonds is 6. The van der Waals surface area contributed by atoms with Gasteiger partial charge in [-0.2, -0.15) is 0 Å². The van der Waals surface area contributed by atoms with Crippen molar-refractivity contribution in [2.45, 2.75) is 97.9 Å². The maximum Gasteiger partial charge on any atom is 0.00927 e. The van der Waals surface area contributed by atoms with Crippen molar-refractivity contribution in [2.24, 2.45) is 17.8 Å². The third kappa shape index (κ3) is 7.67. The summed E-state index contributed by atoms with van der Waals surface area (Å²) < 4.78 is 0. The summed E-state index contributed by atoms with van der Waals surface area (Å²) >= 11 is 0. The predicted molar refractivity (Wildman–Crippen MR) is 91.1 cm³/mol. The van der Waals surface area contributed by atoms with Gasteiger partial charge >= 0.3 is 0 Å². The first-order valence-corrected chi connectivity index (χ1v) is 9.36. The fraction of sp³-hybridized carbons (Fsp3) is 1.00. The van der Waals surface area contributed by atoms with Gasteiger partial charge in [-0.05, 0) is 56.4 Å². The highest BCUT2D eigenvalue weighted by atomic mass is 14.9. The van der Waals surface area contributed by atoms with Crippen LogP contribution in [-0.2, 0) is 0 Å². The molecule has 2 unspecified atom stereocenters. The van der Waals surface area contributed by atoms with E-state index >= 15 is 0 Å². The summed E-state index contributed by atoms with van der Waals surface area (Å²) in [5, 5.41) is 3.85. The van der Waals surface area contributed by atoms with Crippen LogP contribution in [0.2, 0.25) is 0 Å². The number of hydrogen-bond donors (Lipinski definition) is 1. The van der Waals surface area contributed by atoms with Crippen LogP contribution in [0.1, 0.15) is 91.9 Å². The molecule has 1 nitrogen and oxygen atoms in total. The average molecular weight is 282 g/mol. The Bertz CT molecular complexity index is 224. The highest BCUT2D eigenvalue weighted by Gasteiger charge is 2.20. The lowest BCUT2D eigenvalue weighted by molar-refractivity contribution is 0.265. The van der Waals surface area contributed by atoms with Crippen molar-refractivity contribution in [1.29, 1.82) is 0 Å². The van der Waals surface area contributed by atoms with Crippen LogP contribution in [0.15, 0.2) is 0 Å². The molecule has 0 aromatic heterocycles. The molecule has 1 N–H and O–H groups in total. The Labute approximate surface area is 128 Å². The zero-order valence-corrected chi connectivity index (χ0v) is 14.6. The molecule has 0 aromatic rings. The lowest BCUT2D eigenvalue weighted by Gasteiger charge is -2.29. The van der Waals surface area contributed by atoms with Crippen LogP contribution in [0.5, 0.6) is 0 Å². The Balaban J connectivity index is 2.42. The van der Waals surface area contributed by atoms with E-state index in [1.807, 2.05) is 0 Å². The molecule has 0 saturated carbocycles. The molecule has 0 amide bonds. The van der Waals surface area contributed by atoms with Gasteiger partial charge in [-0.15, -0.1) is 0 Å². The third-order valence-electron chi connectivity index (χ3n) is 5.07. The minimum atomic E-state index is 0.777. The van der Waals surface area contributed by atoms with Crippen molar-refractivity contribution >= 4 is 0 Å². The Morgan fingerprint density at radius 3 is 2.40 bits per heavy atom. The van der Waals surface area contributed by atoms with Gasteiger partial charge in [0.05, 0.1) is 0 Å². The molecule has 1 heterocycles. The Morgan fingerprint density at radius 2 is 1.70 bits per heavy atom. The second-order valence-corrected chi connectivity index (χ2v) is 7.60. The molecular weight excluding hydrogens is 242 g/mol. The summed E-state index contributed by atoms with van der Waals surface area (Å²) in [6.45, 7) is 10.8. The summed E-state index contributed by atoms with van der Waals surface area (Å²) in [5.74, 6) is 2.68. The zero-order valence-electron chi connectivity index (χ0n) is 14.6. The first kappa shape index (κ1) is 18.0. The molecule has 1 heteroatoms. The summed E-state index contributed by atoms with van der Waals surface area (Å²) in [4.78, 5) is 0. The van der Waals surface area contributed by atoms with E-state index in [0.717, 1.165) is 23.8 Å². The predicted octanol–water partition coefficient (Wildman–Crippen LogP) is 5.79. The molecule has 1 saturated heterocycles. The summed E-state index contributed by atoms with van der Waals surface area (Å²) in [6.07, 6.45) is 14.2. The van der Waals surface area contributed by atoms with Crippen LogP contribution in [0.25, 0.3) is 0 Å². The number of hydrogen-bond acceptors (Lipinski definition) is 1. The minimum Gasteiger partial charge on any atom is -0.314 e. The van der Waals surface area contributed by atoms with E-state index in [1.165, 1.54) is 70.8 Å². The van der Waals surface area contributed by atoms with Crippen LogP contribution in [0.4, 0.5) is 0 Å². The molecule has 0 aliphatic carbocycles. The topological polar surface area (TPSA) is 12.0 Å². The van der Waals surface area contributed by atoms with Crippen LogP contribution in [0, 0.1) is 17.8 Å². The normalized spacial score (nSPS) is 27.4. The smallest absolute Gasteiger partial charge is 0.00927 e. The van der Waals surface area contributed by atoms with Gasteiger partial charge in [-0.1, -0.05) is 59.8 Å². The average Bonchev–Trinajstić information content (AvgIpc) is 2.41. The van der Waals surface area contributed by atoms with Crippen LogP contribution in [-0.4, -0.2) is 12.6 Å². The number of nitrogens with one attached hydrogen (secondary N) is 1. The molecule has 120 valence electrons. The van der Waals surface area contributed by atoms with Crippen molar-refractivity contribution in [3.05, 3.63) is 0 Å². The van der Waals surface area contributed by atoms with Gasteiger partial charge in [0, 0.05) is 6.04 Å². The summed E-state index contributed by atoms with van der Waals surface area (Å²) in [7, 11) is 0. The maximum absolute atomic E-state index is 3.85. The molecule has 1 aliphatic rings. The molecule has 0 bridgehead atoms. The standard InChI is InChI=1S/C19H39N/c1-5-19-18(13-12-17(4)15-16(2)3)11-9-7-6-8-10-14-20-19/h16-20H,5-15H2,1-4H3/t17?,18?,19-/m0/s1. The quantitative estimate of drug-likeness (QED) is 0.650. The molecule has 3 atom stereocenters. The first-order valence-electron chi connectivity index (χ1n) is 9.36. The summed E-state index contributed by atoms with van der Waals surface area (Å²) in [5.41, 5.74) is 0. The molecule has 0 aromatic carbocycles. The van der Waals surface area contributed by atoms with Crippen molar-refractivity contribution in [1.82, 2.24) is 5.32 Å². The Morgan fingerprint density at radius 1 is 1.00 bits per heavy atom. The van der Waals surface area contributed by atoms with E-state index in [9.17, 15) is 0 Å². The van der Waals surface area contributed by atoms with Gasteiger partial charge in [0.2, 0.25) is 0 Å². The van der Waals surface area contributed by atoms with E-state index in [0.29, 0.717) is 0 Å². The lowest BCUT2D eigenvalue weighted by atomic mass is 9.83. The fourth-order valence-electron chi connectivity index (χ4n) is 3.96. The van der Waals surface area contributed by atoms with Crippen molar-refractivity contribution in [3.63, 3.8) is 0 Å². The van der Waals surface area contributed by atoms with Crippen LogP contribution in [0.3, 0.4) is 0 Å². The van der Waals surface area contributed by atoms with Crippen molar-refractivity contribution in [3.8, 4) is 0 Å². The van der Waals surface area contributed by atoms with Gasteiger partial charge in [-0.25, -0.2) is 0 Å². The molecular formula is C19H39N. The molecule has 0 spiro atoms. The van der Waals surface area contributed by atoms with Gasteiger partial charge in [-0.3, -0.25) is 0 Å². The van der Waals surface area contributed by atoms with Gasteiger partial charge in [0.25, 0.3) is 0 Å². The third-order valence-corrected chi connectivity index (χ3v) is 5.07. The fourth-order valence-corrected chi connectivity index (χ4v) is 3.96. The second kappa shape index (κ2) is 10.7. The first-order chi connectivity index (χ1) is 9.63. The van der Waals surface area contributed by atoms with Gasteiger partial charge in [0.15, 0.2) is 0 Å². The van der Waals surface area contributed by atoms with Gasteiger partial charge < -0.3 is 5.32 Å². The summed E-state index contributed by atoms with van der Waals surface area (Å²) in [6, 6.07) is 0.777. The highest BCUT2D eigenvalue weighted by Crippen LogP contribution is 2.27. The van der Waals surface area contributed by atoms with E-state index in [4.69, 9.17) is 0 Å². The molecule has 1 aliphatic heterocycles. The Hall–Kier alpha value is -0.0400. The molecule has 20 heavy (non-hydrogen) atoms. The van der Waals surface area contributed by atoms with Crippen LogP contribution < -0.4 is 5.32 Å². The van der Waals surface area contributed by atoms with Gasteiger partial charge in [0.1, 0.15) is 0 Å². The lowest BCUT2D eigenvalue weighted by Crippen LogP contribution is -2.37. The van der Waals surface area contributed by atoms with Crippen LogP contribution >= 0.6 is 0 Å².